The van der Waals surface area contributed by atoms with Crippen molar-refractivity contribution in [3.63, 3.8) is 0 Å². The van der Waals surface area contributed by atoms with E-state index in [2.05, 4.69) is 4.98 Å². The highest BCUT2D eigenvalue weighted by molar-refractivity contribution is 8.00. The molecule has 1 heterocycles. The summed E-state index contributed by atoms with van der Waals surface area (Å²) >= 11 is 8.67. The third-order valence-corrected chi connectivity index (χ3v) is 5.19. The Morgan fingerprint density at radius 2 is 2.35 bits per heavy atom. The summed E-state index contributed by atoms with van der Waals surface area (Å²) in [6.45, 7) is 1.68. The molecule has 7 heteroatoms. The van der Waals surface area contributed by atoms with Crippen LogP contribution in [0.2, 0.25) is 5.02 Å². The Balaban J connectivity index is 2.11. The molecule has 0 unspecified atom stereocenters. The first kappa shape index (κ1) is 14.9. The van der Waals surface area contributed by atoms with Crippen LogP contribution in [0.25, 0.3) is 0 Å². The molecule has 0 aliphatic carbocycles. The Labute approximate surface area is 129 Å². The number of nitriles is 1. The van der Waals surface area contributed by atoms with E-state index in [1.165, 1.54) is 11.8 Å². The molecule has 102 valence electrons. The molecule has 0 aliphatic rings. The second-order valence-corrected chi connectivity index (χ2v) is 6.53. The minimum atomic E-state index is -0.955. The highest BCUT2D eigenvalue weighted by Crippen LogP contribution is 2.31. The van der Waals surface area contributed by atoms with Gasteiger partial charge < -0.3 is 5.11 Å². The zero-order valence-corrected chi connectivity index (χ0v) is 12.8. The normalized spacial score (nSPS) is 10.2. The Bertz CT molecular complexity index is 707. The van der Waals surface area contributed by atoms with Gasteiger partial charge in [0.1, 0.15) is 4.88 Å². The summed E-state index contributed by atoms with van der Waals surface area (Å²) < 4.78 is 0.695. The number of aromatic nitrogens is 1. The topological polar surface area (TPSA) is 74.0 Å². The molecule has 0 amide bonds. The van der Waals surface area contributed by atoms with Crippen molar-refractivity contribution in [3.8, 4) is 6.07 Å². The largest absolute Gasteiger partial charge is 0.477 e. The number of halogens is 1. The van der Waals surface area contributed by atoms with Crippen LogP contribution in [0, 0.1) is 18.3 Å². The van der Waals surface area contributed by atoms with Crippen LogP contribution in [0.15, 0.2) is 22.5 Å². The molecule has 0 saturated heterocycles. The van der Waals surface area contributed by atoms with Gasteiger partial charge in [0.25, 0.3) is 0 Å². The molecule has 0 bridgehead atoms. The van der Waals surface area contributed by atoms with E-state index < -0.39 is 5.97 Å². The molecule has 0 radical (unpaired) electrons. The van der Waals surface area contributed by atoms with E-state index in [-0.39, 0.29) is 4.88 Å². The highest BCUT2D eigenvalue weighted by atomic mass is 35.5. The maximum atomic E-state index is 10.9. The van der Waals surface area contributed by atoms with Crippen LogP contribution in [-0.2, 0) is 5.75 Å². The van der Waals surface area contributed by atoms with Crippen LogP contribution in [0.5, 0.6) is 0 Å². The van der Waals surface area contributed by atoms with Gasteiger partial charge in [-0.25, -0.2) is 9.78 Å². The quantitative estimate of drug-likeness (QED) is 0.861. The van der Waals surface area contributed by atoms with Crippen molar-refractivity contribution in [2.45, 2.75) is 17.0 Å². The number of carbonyl (C=O) groups is 1. The molecular weight excluding hydrogens is 316 g/mol. The average molecular weight is 325 g/mol. The summed E-state index contributed by atoms with van der Waals surface area (Å²) in [4.78, 5) is 15.4. The summed E-state index contributed by atoms with van der Waals surface area (Å²) in [5, 5.41) is 18.3. The average Bonchev–Trinajstić information content (AvgIpc) is 2.78. The molecule has 0 aliphatic heterocycles. The smallest absolute Gasteiger partial charge is 0.347 e. The molecule has 2 aromatic rings. The standard InChI is InChI=1S/C13H9ClN2O2S2/c1-7-11(12(17)18)20-13(16-7)19-6-9-3-2-8(5-15)4-10(9)14/h2-4H,6H2,1H3,(H,17,18). The van der Waals surface area contributed by atoms with Gasteiger partial charge in [-0.3, -0.25) is 0 Å². The number of rotatable bonds is 4. The molecule has 4 nitrogen and oxygen atoms in total. The van der Waals surface area contributed by atoms with E-state index in [0.717, 1.165) is 16.9 Å². The molecule has 2 rings (SSSR count). The van der Waals surface area contributed by atoms with Gasteiger partial charge in [0.2, 0.25) is 0 Å². The molecule has 20 heavy (non-hydrogen) atoms. The first-order valence-electron chi connectivity index (χ1n) is 5.53. The van der Waals surface area contributed by atoms with Crippen molar-refractivity contribution in [1.29, 1.82) is 5.26 Å². The van der Waals surface area contributed by atoms with E-state index in [1.54, 1.807) is 25.1 Å². The van der Waals surface area contributed by atoms with Crippen molar-refractivity contribution >= 4 is 40.7 Å². The number of aryl methyl sites for hydroxylation is 1. The fourth-order valence-corrected chi connectivity index (χ4v) is 3.86. The van der Waals surface area contributed by atoms with Crippen LogP contribution in [0.4, 0.5) is 0 Å². The molecule has 0 atom stereocenters. The number of hydrogen-bond donors (Lipinski definition) is 1. The van der Waals surface area contributed by atoms with Gasteiger partial charge in [-0.15, -0.1) is 11.3 Å². The van der Waals surface area contributed by atoms with Crippen molar-refractivity contribution in [2.24, 2.45) is 0 Å². The summed E-state index contributed by atoms with van der Waals surface area (Å²) in [7, 11) is 0. The first-order valence-corrected chi connectivity index (χ1v) is 7.71. The lowest BCUT2D eigenvalue weighted by Gasteiger charge is -2.02. The predicted molar refractivity (Wildman–Crippen MR) is 79.5 cm³/mol. The third-order valence-electron chi connectivity index (χ3n) is 2.50. The maximum absolute atomic E-state index is 10.9. The van der Waals surface area contributed by atoms with Gasteiger partial charge in [0, 0.05) is 10.8 Å². The van der Waals surface area contributed by atoms with Gasteiger partial charge in [0.05, 0.1) is 17.3 Å². The third kappa shape index (κ3) is 3.31. The van der Waals surface area contributed by atoms with Gasteiger partial charge in [-0.2, -0.15) is 5.26 Å². The molecule has 0 spiro atoms. The van der Waals surface area contributed by atoms with Gasteiger partial charge in [-0.1, -0.05) is 29.4 Å². The Morgan fingerprint density at radius 3 is 2.90 bits per heavy atom. The zero-order valence-electron chi connectivity index (χ0n) is 10.4. The lowest BCUT2D eigenvalue weighted by atomic mass is 10.2. The monoisotopic (exact) mass is 324 g/mol. The van der Waals surface area contributed by atoms with Gasteiger partial charge in [-0.05, 0) is 24.6 Å². The molecule has 1 aromatic heterocycles. The van der Waals surface area contributed by atoms with Crippen molar-refractivity contribution < 1.29 is 9.90 Å². The van der Waals surface area contributed by atoms with Gasteiger partial charge in [0.15, 0.2) is 4.34 Å². The Kier molecular flexibility index (Phi) is 4.65. The number of carboxylic acids is 1. The lowest BCUT2D eigenvalue weighted by molar-refractivity contribution is 0.0701. The Morgan fingerprint density at radius 1 is 1.60 bits per heavy atom. The van der Waals surface area contributed by atoms with Crippen LogP contribution in [-0.4, -0.2) is 16.1 Å². The molecule has 0 fully saturated rings. The van der Waals surface area contributed by atoms with Gasteiger partial charge >= 0.3 is 5.97 Å². The molecular formula is C13H9ClN2O2S2. The van der Waals surface area contributed by atoms with Crippen molar-refractivity contribution in [1.82, 2.24) is 4.98 Å². The van der Waals surface area contributed by atoms with Crippen LogP contribution in [0.3, 0.4) is 0 Å². The minimum absolute atomic E-state index is 0.262. The lowest BCUT2D eigenvalue weighted by Crippen LogP contribution is -1.94. The number of thiazole rings is 1. The fourth-order valence-electron chi connectivity index (χ4n) is 1.51. The number of benzene rings is 1. The molecule has 1 aromatic carbocycles. The second kappa shape index (κ2) is 6.27. The molecule has 0 saturated carbocycles. The summed E-state index contributed by atoms with van der Waals surface area (Å²) in [6, 6.07) is 7.15. The van der Waals surface area contributed by atoms with E-state index >= 15 is 0 Å². The summed E-state index contributed by atoms with van der Waals surface area (Å²) in [5.41, 5.74) is 1.93. The van der Waals surface area contributed by atoms with Crippen LogP contribution < -0.4 is 0 Å². The number of hydrogen-bond acceptors (Lipinski definition) is 5. The summed E-state index contributed by atoms with van der Waals surface area (Å²) in [5.74, 6) is -0.375. The van der Waals surface area contributed by atoms with E-state index in [4.69, 9.17) is 22.0 Å². The second-order valence-electron chi connectivity index (χ2n) is 3.91. The first-order chi connectivity index (χ1) is 9.51. The van der Waals surface area contributed by atoms with E-state index in [0.29, 0.717) is 26.4 Å². The van der Waals surface area contributed by atoms with E-state index in [9.17, 15) is 4.79 Å². The van der Waals surface area contributed by atoms with Crippen LogP contribution >= 0.6 is 34.7 Å². The summed E-state index contributed by atoms with van der Waals surface area (Å²) in [6.07, 6.45) is 0. The fraction of sp³-hybridized carbons (Fsp3) is 0.154. The van der Waals surface area contributed by atoms with Crippen molar-refractivity contribution in [2.75, 3.05) is 0 Å². The number of thioether (sulfide) groups is 1. The zero-order chi connectivity index (χ0) is 14.7. The number of nitrogens with zero attached hydrogens (tertiary/aromatic N) is 2. The SMILES string of the molecule is Cc1nc(SCc2ccc(C#N)cc2Cl)sc1C(=O)O. The Hall–Kier alpha value is -1.55. The van der Waals surface area contributed by atoms with Crippen molar-refractivity contribution in [3.05, 3.63) is 44.9 Å². The number of carboxylic acid groups (broad SMARTS) is 1. The maximum Gasteiger partial charge on any atom is 0.347 e. The molecule has 1 N–H and O–H groups in total. The highest BCUT2D eigenvalue weighted by Gasteiger charge is 2.14. The number of aromatic carboxylic acids is 1. The van der Waals surface area contributed by atoms with E-state index in [1.807, 2.05) is 6.07 Å². The van der Waals surface area contributed by atoms with Crippen LogP contribution in [0.1, 0.15) is 26.5 Å². The minimum Gasteiger partial charge on any atom is -0.477 e. The predicted octanol–water partition coefficient (Wildman–Crippen LogP) is 3.97.